The smallest absolute Gasteiger partial charge is 0.472 e. The number of nitrogens with zero attached hydrogens (tertiary/aromatic N) is 1. The number of carboxylic acids is 1. The van der Waals surface area contributed by atoms with Gasteiger partial charge in [-0.25, -0.2) is 4.57 Å². The van der Waals surface area contributed by atoms with E-state index in [1.165, 1.54) is 6.26 Å². The number of rotatable bonds is 23. The SMILES string of the molecule is CC/C=C/C=C/C=C/C=C/C=C/C=C/C=C/OC[C@H](COP(=O)(O)OCC[N+](C)(C)C)OCCCCC(=O)O. The molecule has 0 aliphatic heterocycles. The molecular formula is C29H47NO8P+. The van der Waals surface area contributed by atoms with Gasteiger partial charge in [-0.15, -0.1) is 0 Å². The fraction of sp³-hybridized carbons (Fsp3) is 0.483. The lowest BCUT2D eigenvalue weighted by atomic mass is 10.2. The summed E-state index contributed by atoms with van der Waals surface area (Å²) in [7, 11) is 1.59. The minimum atomic E-state index is -4.24. The number of aliphatic carboxylic acids is 1. The van der Waals surface area contributed by atoms with Gasteiger partial charge in [-0.2, -0.15) is 0 Å². The average molecular weight is 569 g/mol. The third kappa shape index (κ3) is 28.3. The molecule has 10 heteroatoms. The molecule has 0 aliphatic carbocycles. The zero-order valence-electron chi connectivity index (χ0n) is 23.8. The number of phosphoric acid groups is 1. The molecule has 220 valence electrons. The van der Waals surface area contributed by atoms with E-state index in [2.05, 4.69) is 13.0 Å². The first-order valence-electron chi connectivity index (χ1n) is 13.1. The summed E-state index contributed by atoms with van der Waals surface area (Å²) in [5.41, 5.74) is 0. The van der Waals surface area contributed by atoms with Crippen molar-refractivity contribution in [2.45, 2.75) is 38.7 Å². The predicted molar refractivity (Wildman–Crippen MR) is 156 cm³/mol. The van der Waals surface area contributed by atoms with Crippen molar-refractivity contribution >= 4 is 13.8 Å². The van der Waals surface area contributed by atoms with Crippen molar-refractivity contribution in [2.24, 2.45) is 0 Å². The maximum absolute atomic E-state index is 12.2. The van der Waals surface area contributed by atoms with E-state index in [-0.39, 0.29) is 32.8 Å². The van der Waals surface area contributed by atoms with Gasteiger partial charge in [0.1, 0.15) is 25.9 Å². The van der Waals surface area contributed by atoms with Crippen LogP contribution in [0, 0.1) is 0 Å². The number of allylic oxidation sites excluding steroid dienone is 13. The van der Waals surface area contributed by atoms with Gasteiger partial charge in [0.2, 0.25) is 0 Å². The average Bonchev–Trinajstić information content (AvgIpc) is 2.85. The number of hydrogen-bond acceptors (Lipinski definition) is 6. The Kier molecular flexibility index (Phi) is 21.9. The number of carboxylic acid groups (broad SMARTS) is 1. The first-order valence-corrected chi connectivity index (χ1v) is 14.6. The number of unbranched alkanes of at least 4 members (excludes halogenated alkanes) is 1. The maximum atomic E-state index is 12.2. The van der Waals surface area contributed by atoms with Crippen LogP contribution in [-0.4, -0.2) is 80.7 Å². The van der Waals surface area contributed by atoms with E-state index in [1.807, 2.05) is 81.9 Å². The van der Waals surface area contributed by atoms with E-state index in [0.29, 0.717) is 23.9 Å². The molecule has 0 aromatic carbocycles. The van der Waals surface area contributed by atoms with E-state index < -0.39 is 19.9 Å². The van der Waals surface area contributed by atoms with Crippen molar-refractivity contribution in [3.63, 3.8) is 0 Å². The van der Waals surface area contributed by atoms with Gasteiger partial charge in [-0.05, 0) is 25.3 Å². The normalized spacial score (nSPS) is 15.7. The minimum Gasteiger partial charge on any atom is -0.498 e. The molecule has 9 nitrogen and oxygen atoms in total. The number of hydrogen-bond donors (Lipinski definition) is 2. The zero-order valence-corrected chi connectivity index (χ0v) is 24.7. The van der Waals surface area contributed by atoms with Gasteiger partial charge in [0.05, 0.1) is 34.0 Å². The van der Waals surface area contributed by atoms with Gasteiger partial charge in [-0.1, -0.05) is 79.8 Å². The molecule has 0 aliphatic rings. The molecule has 0 aromatic rings. The summed E-state index contributed by atoms with van der Waals surface area (Å²) in [6, 6.07) is 0. The van der Waals surface area contributed by atoms with Crippen LogP contribution in [-0.2, 0) is 27.9 Å². The van der Waals surface area contributed by atoms with Gasteiger partial charge >= 0.3 is 13.8 Å². The van der Waals surface area contributed by atoms with Crippen molar-refractivity contribution in [1.82, 2.24) is 0 Å². The van der Waals surface area contributed by atoms with Crippen LogP contribution >= 0.6 is 7.82 Å². The fourth-order valence-corrected chi connectivity index (χ4v) is 3.28. The summed E-state index contributed by atoms with van der Waals surface area (Å²) in [4.78, 5) is 20.6. The zero-order chi connectivity index (χ0) is 29.2. The van der Waals surface area contributed by atoms with Crippen molar-refractivity contribution in [3.05, 3.63) is 85.3 Å². The molecule has 0 spiro atoms. The summed E-state index contributed by atoms with van der Waals surface area (Å²) >= 11 is 0. The lowest BCUT2D eigenvalue weighted by molar-refractivity contribution is -0.870. The minimum absolute atomic E-state index is 0.0529. The highest BCUT2D eigenvalue weighted by Gasteiger charge is 2.25. The Morgan fingerprint density at radius 3 is 1.92 bits per heavy atom. The third-order valence-electron chi connectivity index (χ3n) is 4.63. The van der Waals surface area contributed by atoms with E-state index >= 15 is 0 Å². The molecule has 0 fully saturated rings. The first kappa shape index (κ1) is 36.5. The number of likely N-dealkylation sites (N-methyl/N-ethyl adjacent to an activating group) is 1. The van der Waals surface area contributed by atoms with Crippen molar-refractivity contribution in [3.8, 4) is 0 Å². The highest BCUT2D eigenvalue weighted by Crippen LogP contribution is 2.43. The van der Waals surface area contributed by atoms with Gasteiger partial charge in [0.15, 0.2) is 0 Å². The van der Waals surface area contributed by atoms with Crippen LogP contribution in [0.25, 0.3) is 0 Å². The maximum Gasteiger partial charge on any atom is 0.472 e. The Morgan fingerprint density at radius 1 is 0.821 bits per heavy atom. The number of carbonyl (C=O) groups is 1. The Balaban J connectivity index is 4.55. The molecule has 0 heterocycles. The van der Waals surface area contributed by atoms with Crippen LogP contribution in [0.15, 0.2) is 85.3 Å². The molecule has 0 saturated carbocycles. The quantitative estimate of drug-likeness (QED) is 0.0528. The van der Waals surface area contributed by atoms with E-state index in [0.717, 1.165) is 6.42 Å². The van der Waals surface area contributed by atoms with Gasteiger partial charge in [-0.3, -0.25) is 13.8 Å². The van der Waals surface area contributed by atoms with Crippen LogP contribution < -0.4 is 0 Å². The van der Waals surface area contributed by atoms with Crippen LogP contribution in [0.5, 0.6) is 0 Å². The molecule has 0 saturated heterocycles. The summed E-state index contributed by atoms with van der Waals surface area (Å²) in [6.45, 7) is 2.84. The van der Waals surface area contributed by atoms with Crippen molar-refractivity contribution in [1.29, 1.82) is 0 Å². The largest absolute Gasteiger partial charge is 0.498 e. The second-order valence-electron chi connectivity index (χ2n) is 9.38. The van der Waals surface area contributed by atoms with Crippen LogP contribution in [0.2, 0.25) is 0 Å². The Morgan fingerprint density at radius 2 is 1.38 bits per heavy atom. The highest BCUT2D eigenvalue weighted by atomic mass is 31.2. The molecule has 0 aromatic heterocycles. The molecular weight excluding hydrogens is 521 g/mol. The van der Waals surface area contributed by atoms with E-state index in [1.54, 1.807) is 12.2 Å². The molecule has 2 N–H and O–H groups in total. The summed E-state index contributed by atoms with van der Waals surface area (Å²) < 4.78 is 34.1. The molecule has 1 unspecified atom stereocenters. The van der Waals surface area contributed by atoms with Crippen LogP contribution in [0.1, 0.15) is 32.6 Å². The monoisotopic (exact) mass is 568 g/mol. The number of ether oxygens (including phenoxy) is 2. The van der Waals surface area contributed by atoms with Crippen LogP contribution in [0.3, 0.4) is 0 Å². The first-order chi connectivity index (χ1) is 18.6. The highest BCUT2D eigenvalue weighted by molar-refractivity contribution is 7.47. The molecule has 0 radical (unpaired) electrons. The molecule has 39 heavy (non-hydrogen) atoms. The third-order valence-corrected chi connectivity index (χ3v) is 5.61. The summed E-state index contributed by atoms with van der Waals surface area (Å²) in [6.07, 6.45) is 27.9. The van der Waals surface area contributed by atoms with Gasteiger partial charge in [0, 0.05) is 13.0 Å². The predicted octanol–water partition coefficient (Wildman–Crippen LogP) is 5.74. The lowest BCUT2D eigenvalue weighted by Gasteiger charge is -2.24. The van der Waals surface area contributed by atoms with E-state index in [9.17, 15) is 14.3 Å². The second-order valence-corrected chi connectivity index (χ2v) is 10.8. The second kappa shape index (κ2) is 23.4. The van der Waals surface area contributed by atoms with Gasteiger partial charge in [0.25, 0.3) is 0 Å². The topological polar surface area (TPSA) is 112 Å². The number of phosphoric ester groups is 1. The summed E-state index contributed by atoms with van der Waals surface area (Å²) in [5.74, 6) is -0.866. The molecule has 0 amide bonds. The molecule has 2 atom stereocenters. The Labute approximate surface area is 234 Å². The van der Waals surface area contributed by atoms with Gasteiger partial charge < -0.3 is 24.0 Å². The molecule has 0 bridgehead atoms. The van der Waals surface area contributed by atoms with Crippen LogP contribution in [0.4, 0.5) is 0 Å². The number of quaternary nitrogens is 1. The standard InChI is InChI=1S/C29H46NO8P/c1-5-6-7-8-9-10-11-12-13-14-15-16-17-19-23-35-26-28(36-24-20-18-21-29(31)32)27-38-39(33,34)37-25-22-30(2,3)4/h6-17,19,23,28H,5,18,20-22,24-27H2,1-4H3,(H-,31,32,33,34)/p+1/b7-6+,9-8+,11-10+,13-12+,15-14+,17-16+,23-19+/t28-/m1/s1. The Bertz CT molecular complexity index is 897. The summed E-state index contributed by atoms with van der Waals surface area (Å²) in [5, 5.41) is 8.74. The van der Waals surface area contributed by atoms with Crippen molar-refractivity contribution < 1.29 is 42.4 Å². The lowest BCUT2D eigenvalue weighted by Crippen LogP contribution is -2.37. The molecule has 0 rings (SSSR count). The van der Waals surface area contributed by atoms with E-state index in [4.69, 9.17) is 23.6 Å². The van der Waals surface area contributed by atoms with Crippen molar-refractivity contribution in [2.75, 3.05) is 54.1 Å². The Hall–Kier alpha value is -2.52. The fourth-order valence-electron chi connectivity index (χ4n) is 2.54.